The van der Waals surface area contributed by atoms with Gasteiger partial charge in [0.25, 0.3) is 0 Å². The van der Waals surface area contributed by atoms with Crippen molar-refractivity contribution in [3.63, 3.8) is 0 Å². The molecular weight excluding hydrogens is 229 g/mol. The molecule has 0 aliphatic heterocycles. The monoisotopic (exact) mass is 251 g/mol. The molecule has 2 nitrogen and oxygen atoms in total. The van der Waals surface area contributed by atoms with Gasteiger partial charge >= 0.3 is 0 Å². The molecule has 1 unspecified atom stereocenters. The third-order valence-corrected chi connectivity index (χ3v) is 3.98. The van der Waals surface area contributed by atoms with Gasteiger partial charge in [-0.15, -0.1) is 0 Å². The first-order valence-corrected chi connectivity index (χ1v) is 6.73. The second-order valence-electron chi connectivity index (χ2n) is 5.11. The van der Waals surface area contributed by atoms with E-state index in [2.05, 4.69) is 12.2 Å². The summed E-state index contributed by atoms with van der Waals surface area (Å²) in [6.07, 6.45) is 4.37. The highest BCUT2D eigenvalue weighted by Crippen LogP contribution is 2.41. The maximum Gasteiger partial charge on any atom is 0.123 e. The number of benzene rings is 1. The molecule has 0 radical (unpaired) electrons. The predicted octanol–water partition coefficient (Wildman–Crippen LogP) is 3.44. The van der Waals surface area contributed by atoms with Gasteiger partial charge in [-0.3, -0.25) is 0 Å². The fourth-order valence-corrected chi connectivity index (χ4v) is 2.71. The summed E-state index contributed by atoms with van der Waals surface area (Å²) in [6, 6.07) is 7.04. The molecule has 100 valence electrons. The summed E-state index contributed by atoms with van der Waals surface area (Å²) in [7, 11) is 1.79. The van der Waals surface area contributed by atoms with Crippen molar-refractivity contribution in [2.75, 3.05) is 13.7 Å². The zero-order valence-corrected chi connectivity index (χ0v) is 11.2. The van der Waals surface area contributed by atoms with Crippen LogP contribution in [0.5, 0.6) is 0 Å². The van der Waals surface area contributed by atoms with E-state index in [1.54, 1.807) is 19.2 Å². The standard InChI is InChI=1S/C15H22FNO/c1-3-17-14(11-15(18-2)8-5-9-15)12-6-4-7-13(16)10-12/h4,6-7,10,14,17H,3,5,8-9,11H2,1-2H3. The lowest BCUT2D eigenvalue weighted by Crippen LogP contribution is -2.42. The minimum absolute atomic E-state index is 0.000839. The summed E-state index contributed by atoms with van der Waals surface area (Å²) >= 11 is 0. The van der Waals surface area contributed by atoms with Gasteiger partial charge in [0.2, 0.25) is 0 Å². The summed E-state index contributed by atoms with van der Waals surface area (Å²) in [5.74, 6) is -0.171. The van der Waals surface area contributed by atoms with E-state index in [4.69, 9.17) is 4.74 Å². The van der Waals surface area contributed by atoms with Crippen LogP contribution in [0.3, 0.4) is 0 Å². The van der Waals surface area contributed by atoms with Crippen LogP contribution in [0.15, 0.2) is 24.3 Å². The second kappa shape index (κ2) is 5.81. The Morgan fingerprint density at radius 3 is 2.72 bits per heavy atom. The molecule has 1 aliphatic carbocycles. The van der Waals surface area contributed by atoms with Crippen LogP contribution in [0.2, 0.25) is 0 Å². The third kappa shape index (κ3) is 2.90. The van der Waals surface area contributed by atoms with Gasteiger partial charge in [0.15, 0.2) is 0 Å². The molecule has 1 aromatic carbocycles. The van der Waals surface area contributed by atoms with Crippen LogP contribution < -0.4 is 5.32 Å². The largest absolute Gasteiger partial charge is 0.378 e. The normalized spacial score (nSPS) is 19.3. The lowest BCUT2D eigenvalue weighted by atomic mass is 9.74. The van der Waals surface area contributed by atoms with Gasteiger partial charge in [-0.05, 0) is 49.9 Å². The maximum atomic E-state index is 13.3. The zero-order chi connectivity index (χ0) is 13.0. The highest BCUT2D eigenvalue weighted by Gasteiger charge is 2.39. The van der Waals surface area contributed by atoms with Gasteiger partial charge < -0.3 is 10.1 Å². The number of rotatable bonds is 6. The fourth-order valence-electron chi connectivity index (χ4n) is 2.71. The van der Waals surface area contributed by atoms with E-state index >= 15 is 0 Å². The van der Waals surface area contributed by atoms with Gasteiger partial charge in [0, 0.05) is 13.2 Å². The topological polar surface area (TPSA) is 21.3 Å². The van der Waals surface area contributed by atoms with Crippen molar-refractivity contribution in [1.82, 2.24) is 5.32 Å². The molecule has 18 heavy (non-hydrogen) atoms. The van der Waals surface area contributed by atoms with Crippen molar-refractivity contribution in [2.24, 2.45) is 0 Å². The highest BCUT2D eigenvalue weighted by atomic mass is 19.1. The van der Waals surface area contributed by atoms with Crippen molar-refractivity contribution in [1.29, 1.82) is 0 Å². The Kier molecular flexibility index (Phi) is 4.36. The molecule has 2 rings (SSSR count). The highest BCUT2D eigenvalue weighted by molar-refractivity contribution is 5.21. The number of hydrogen-bond acceptors (Lipinski definition) is 2. The third-order valence-electron chi connectivity index (χ3n) is 3.98. The van der Waals surface area contributed by atoms with Crippen LogP contribution in [0, 0.1) is 5.82 Å². The van der Waals surface area contributed by atoms with Gasteiger partial charge in [0.05, 0.1) is 5.60 Å². The minimum Gasteiger partial charge on any atom is -0.378 e. The number of hydrogen-bond donors (Lipinski definition) is 1. The SMILES string of the molecule is CCNC(CC1(OC)CCC1)c1cccc(F)c1. The Bertz CT molecular complexity index is 384. The molecule has 3 heteroatoms. The molecule has 1 N–H and O–H groups in total. The average molecular weight is 251 g/mol. The molecule has 1 atom stereocenters. The average Bonchev–Trinajstić information content (AvgIpc) is 2.32. The van der Waals surface area contributed by atoms with Gasteiger partial charge in [-0.2, -0.15) is 0 Å². The van der Waals surface area contributed by atoms with Gasteiger partial charge in [-0.25, -0.2) is 4.39 Å². The molecule has 0 heterocycles. The van der Waals surface area contributed by atoms with E-state index in [0.717, 1.165) is 31.4 Å². The summed E-state index contributed by atoms with van der Waals surface area (Å²) in [5, 5.41) is 3.44. The number of methoxy groups -OCH3 is 1. The van der Waals surface area contributed by atoms with Crippen LogP contribution in [-0.4, -0.2) is 19.3 Å². The number of nitrogens with one attached hydrogen (secondary N) is 1. The molecule has 1 aromatic rings. The van der Waals surface area contributed by atoms with E-state index in [1.807, 2.05) is 6.07 Å². The van der Waals surface area contributed by atoms with E-state index in [0.29, 0.717) is 0 Å². The van der Waals surface area contributed by atoms with Crippen molar-refractivity contribution < 1.29 is 9.13 Å². The Hall–Kier alpha value is -0.930. The smallest absolute Gasteiger partial charge is 0.123 e. The molecule has 1 aliphatic rings. The van der Waals surface area contributed by atoms with Crippen molar-refractivity contribution in [3.05, 3.63) is 35.6 Å². The summed E-state index contributed by atoms with van der Waals surface area (Å²) < 4.78 is 19.0. The molecule has 0 aromatic heterocycles. The van der Waals surface area contributed by atoms with Crippen LogP contribution in [0.25, 0.3) is 0 Å². The first-order chi connectivity index (χ1) is 8.69. The second-order valence-corrected chi connectivity index (χ2v) is 5.11. The quantitative estimate of drug-likeness (QED) is 0.836. The van der Waals surface area contributed by atoms with Crippen molar-refractivity contribution >= 4 is 0 Å². The van der Waals surface area contributed by atoms with Gasteiger partial charge in [0.1, 0.15) is 5.82 Å². The Balaban J connectivity index is 2.12. The zero-order valence-electron chi connectivity index (χ0n) is 11.2. The predicted molar refractivity (Wildman–Crippen MR) is 71.0 cm³/mol. The summed E-state index contributed by atoms with van der Waals surface area (Å²) in [4.78, 5) is 0. The lowest BCUT2D eigenvalue weighted by molar-refractivity contribution is -0.0837. The van der Waals surface area contributed by atoms with E-state index in [-0.39, 0.29) is 17.5 Å². The number of halogens is 1. The Labute approximate surface area is 109 Å². The molecular formula is C15H22FNO. The van der Waals surface area contributed by atoms with Crippen LogP contribution in [0.4, 0.5) is 4.39 Å². The Morgan fingerprint density at radius 1 is 1.44 bits per heavy atom. The molecule has 0 saturated heterocycles. The molecule has 0 spiro atoms. The van der Waals surface area contributed by atoms with E-state index in [9.17, 15) is 4.39 Å². The first kappa shape index (κ1) is 13.5. The van der Waals surface area contributed by atoms with E-state index < -0.39 is 0 Å². The molecule has 1 saturated carbocycles. The lowest BCUT2D eigenvalue weighted by Gasteiger charge is -2.43. The molecule has 1 fully saturated rings. The van der Waals surface area contributed by atoms with Gasteiger partial charge in [-0.1, -0.05) is 19.1 Å². The minimum atomic E-state index is -0.171. The van der Waals surface area contributed by atoms with Crippen molar-refractivity contribution in [2.45, 2.75) is 44.2 Å². The molecule has 0 bridgehead atoms. The maximum absolute atomic E-state index is 13.3. The Morgan fingerprint density at radius 2 is 2.22 bits per heavy atom. The van der Waals surface area contributed by atoms with E-state index in [1.165, 1.54) is 12.5 Å². The van der Waals surface area contributed by atoms with Crippen LogP contribution in [-0.2, 0) is 4.74 Å². The summed E-state index contributed by atoms with van der Waals surface area (Å²) in [6.45, 7) is 2.95. The first-order valence-electron chi connectivity index (χ1n) is 6.73. The fraction of sp³-hybridized carbons (Fsp3) is 0.600. The molecule has 0 amide bonds. The van der Waals surface area contributed by atoms with Crippen LogP contribution >= 0.6 is 0 Å². The van der Waals surface area contributed by atoms with Crippen LogP contribution in [0.1, 0.15) is 44.2 Å². The van der Waals surface area contributed by atoms with Crippen molar-refractivity contribution in [3.8, 4) is 0 Å². The number of ether oxygens (including phenoxy) is 1. The summed E-state index contributed by atoms with van der Waals surface area (Å²) in [5.41, 5.74) is 1.01.